The molecule has 0 atom stereocenters. The van der Waals surface area contributed by atoms with E-state index in [4.69, 9.17) is 0 Å². The maximum absolute atomic E-state index is 11.4. The zero-order valence-electron chi connectivity index (χ0n) is 13.8. The third-order valence-corrected chi connectivity index (χ3v) is 3.88. The van der Waals surface area contributed by atoms with Crippen molar-refractivity contribution in [3.05, 3.63) is 65.7 Å². The Bertz CT molecular complexity index is 789. The Morgan fingerprint density at radius 2 is 1.58 bits per heavy atom. The van der Waals surface area contributed by atoms with Gasteiger partial charge in [-0.3, -0.25) is 9.71 Å². The van der Waals surface area contributed by atoms with Crippen molar-refractivity contribution in [1.29, 1.82) is 0 Å². The molecule has 3 N–H and O–H groups in total. The molecule has 2 rings (SSSR count). The molecule has 0 fully saturated rings. The maximum Gasteiger partial charge on any atom is 0.229 e. The summed E-state index contributed by atoms with van der Waals surface area (Å²) in [5, 5.41) is 6.41. The van der Waals surface area contributed by atoms with Crippen molar-refractivity contribution < 1.29 is 8.42 Å². The summed E-state index contributed by atoms with van der Waals surface area (Å²) in [4.78, 5) is 4.18. The summed E-state index contributed by atoms with van der Waals surface area (Å²) in [6, 6.07) is 17.3. The van der Waals surface area contributed by atoms with Crippen molar-refractivity contribution in [2.75, 3.05) is 18.0 Å². The minimum atomic E-state index is -3.31. The number of hydrogen-bond acceptors (Lipinski definition) is 3. The van der Waals surface area contributed by atoms with Crippen molar-refractivity contribution in [3.63, 3.8) is 0 Å². The first-order chi connectivity index (χ1) is 11.5. The van der Waals surface area contributed by atoms with Gasteiger partial charge in [0, 0.05) is 20.1 Å². The Labute approximate surface area is 143 Å². The van der Waals surface area contributed by atoms with Crippen LogP contribution < -0.4 is 15.4 Å². The predicted molar refractivity (Wildman–Crippen MR) is 98.4 cm³/mol. The van der Waals surface area contributed by atoms with Crippen LogP contribution in [0.25, 0.3) is 0 Å². The van der Waals surface area contributed by atoms with Crippen molar-refractivity contribution in [3.8, 4) is 0 Å². The van der Waals surface area contributed by atoms with Gasteiger partial charge in [-0.05, 0) is 17.2 Å². The van der Waals surface area contributed by atoms with Crippen molar-refractivity contribution >= 4 is 21.7 Å². The van der Waals surface area contributed by atoms with Gasteiger partial charge in [-0.1, -0.05) is 48.5 Å². The molecule has 2 aromatic carbocycles. The standard InChI is InChI=1S/C17H22N4O2S/c1-18-17(19-12-14-8-4-3-5-9-14)20-13-15-10-6-7-11-16(15)21-24(2,22)23/h3-11,21H,12-13H2,1-2H3,(H2,18,19,20). The number of guanidine groups is 1. The van der Waals surface area contributed by atoms with E-state index < -0.39 is 10.0 Å². The summed E-state index contributed by atoms with van der Waals surface area (Å²) in [6.07, 6.45) is 1.14. The van der Waals surface area contributed by atoms with E-state index in [0.29, 0.717) is 24.7 Å². The summed E-state index contributed by atoms with van der Waals surface area (Å²) < 4.78 is 25.4. The van der Waals surface area contributed by atoms with Crippen LogP contribution in [0, 0.1) is 0 Å². The van der Waals surface area contributed by atoms with Crippen molar-refractivity contribution in [2.45, 2.75) is 13.1 Å². The first-order valence-corrected chi connectivity index (χ1v) is 9.41. The number of aliphatic imine (C=N–C) groups is 1. The Kier molecular flexibility index (Phi) is 6.20. The van der Waals surface area contributed by atoms with Gasteiger partial charge in [0.1, 0.15) is 0 Å². The molecule has 0 radical (unpaired) electrons. The van der Waals surface area contributed by atoms with Crippen LogP contribution in [0.5, 0.6) is 0 Å². The number of nitrogens with zero attached hydrogens (tertiary/aromatic N) is 1. The quantitative estimate of drug-likeness (QED) is 0.551. The first kappa shape index (κ1) is 17.8. The number of benzene rings is 2. The molecule has 0 saturated carbocycles. The second kappa shape index (κ2) is 8.35. The zero-order chi connectivity index (χ0) is 17.4. The van der Waals surface area contributed by atoms with Gasteiger partial charge in [-0.2, -0.15) is 0 Å². The van der Waals surface area contributed by atoms with Gasteiger partial charge in [0.25, 0.3) is 0 Å². The molecule has 0 spiro atoms. The molecule has 0 amide bonds. The summed E-state index contributed by atoms with van der Waals surface area (Å²) in [6.45, 7) is 1.11. The van der Waals surface area contributed by atoms with Crippen molar-refractivity contribution in [2.24, 2.45) is 4.99 Å². The van der Waals surface area contributed by atoms with Crippen LogP contribution in [0.3, 0.4) is 0 Å². The zero-order valence-corrected chi connectivity index (χ0v) is 14.6. The lowest BCUT2D eigenvalue weighted by molar-refractivity contribution is 0.606. The molecule has 0 unspecified atom stereocenters. The molecule has 6 nitrogen and oxygen atoms in total. The van der Waals surface area contributed by atoms with E-state index in [1.54, 1.807) is 19.2 Å². The normalized spacial score (nSPS) is 11.8. The molecule has 0 bridgehead atoms. The van der Waals surface area contributed by atoms with Gasteiger partial charge >= 0.3 is 0 Å². The van der Waals surface area contributed by atoms with Crippen LogP contribution in [-0.2, 0) is 23.1 Å². The highest BCUT2D eigenvalue weighted by Crippen LogP contribution is 2.15. The Morgan fingerprint density at radius 1 is 0.958 bits per heavy atom. The smallest absolute Gasteiger partial charge is 0.229 e. The minimum absolute atomic E-state index is 0.452. The summed E-state index contributed by atoms with van der Waals surface area (Å²) in [5.74, 6) is 0.646. The van der Waals surface area contributed by atoms with Gasteiger partial charge in [0.2, 0.25) is 10.0 Å². The van der Waals surface area contributed by atoms with E-state index in [1.165, 1.54) is 0 Å². The second-order valence-corrected chi connectivity index (χ2v) is 7.04. The van der Waals surface area contributed by atoms with E-state index >= 15 is 0 Å². The lowest BCUT2D eigenvalue weighted by Gasteiger charge is -2.14. The second-order valence-electron chi connectivity index (χ2n) is 5.30. The van der Waals surface area contributed by atoms with Crippen LogP contribution in [0.4, 0.5) is 5.69 Å². The highest BCUT2D eigenvalue weighted by molar-refractivity contribution is 7.92. The topological polar surface area (TPSA) is 82.6 Å². The van der Waals surface area contributed by atoms with E-state index in [-0.39, 0.29) is 0 Å². The first-order valence-electron chi connectivity index (χ1n) is 7.52. The molecular formula is C17H22N4O2S. The SMILES string of the molecule is CN=C(NCc1ccccc1)NCc1ccccc1NS(C)(=O)=O. The van der Waals surface area contributed by atoms with E-state index in [1.807, 2.05) is 42.5 Å². The Hall–Kier alpha value is -2.54. The number of hydrogen-bond donors (Lipinski definition) is 3. The van der Waals surface area contributed by atoms with Gasteiger partial charge in [0.15, 0.2) is 5.96 Å². The highest BCUT2D eigenvalue weighted by Gasteiger charge is 2.07. The van der Waals surface area contributed by atoms with Crippen LogP contribution in [-0.4, -0.2) is 27.7 Å². The number of rotatable bonds is 6. The van der Waals surface area contributed by atoms with Crippen LogP contribution >= 0.6 is 0 Å². The fourth-order valence-corrected chi connectivity index (χ4v) is 2.75. The molecule has 0 aliphatic carbocycles. The monoisotopic (exact) mass is 346 g/mol. The molecule has 7 heteroatoms. The van der Waals surface area contributed by atoms with E-state index in [0.717, 1.165) is 17.4 Å². The fourth-order valence-electron chi connectivity index (χ4n) is 2.15. The van der Waals surface area contributed by atoms with Gasteiger partial charge in [0.05, 0.1) is 11.9 Å². The molecule has 24 heavy (non-hydrogen) atoms. The van der Waals surface area contributed by atoms with E-state index in [9.17, 15) is 8.42 Å². The van der Waals surface area contributed by atoms with Crippen LogP contribution in [0.1, 0.15) is 11.1 Å². The van der Waals surface area contributed by atoms with Crippen LogP contribution in [0.15, 0.2) is 59.6 Å². The summed E-state index contributed by atoms with van der Waals surface area (Å²) in [5.41, 5.74) is 2.55. The number of anilines is 1. The fraction of sp³-hybridized carbons (Fsp3) is 0.235. The molecule has 0 saturated heterocycles. The third kappa shape index (κ3) is 5.92. The average Bonchev–Trinajstić information content (AvgIpc) is 2.56. The van der Waals surface area contributed by atoms with Crippen LogP contribution in [0.2, 0.25) is 0 Å². The van der Waals surface area contributed by atoms with Gasteiger partial charge in [-0.25, -0.2) is 8.42 Å². The summed E-state index contributed by atoms with van der Waals surface area (Å²) >= 11 is 0. The number of nitrogens with one attached hydrogen (secondary N) is 3. The molecule has 0 aliphatic rings. The maximum atomic E-state index is 11.4. The minimum Gasteiger partial charge on any atom is -0.352 e. The highest BCUT2D eigenvalue weighted by atomic mass is 32.2. The lowest BCUT2D eigenvalue weighted by Crippen LogP contribution is -2.36. The molecule has 0 heterocycles. The van der Waals surface area contributed by atoms with Crippen molar-refractivity contribution in [1.82, 2.24) is 10.6 Å². The number of para-hydroxylation sites is 1. The Balaban J connectivity index is 1.96. The number of sulfonamides is 1. The Morgan fingerprint density at radius 3 is 2.25 bits per heavy atom. The molecular weight excluding hydrogens is 324 g/mol. The van der Waals surface area contributed by atoms with Gasteiger partial charge < -0.3 is 10.6 Å². The predicted octanol–water partition coefficient (Wildman–Crippen LogP) is 1.92. The molecule has 2 aromatic rings. The van der Waals surface area contributed by atoms with Gasteiger partial charge in [-0.15, -0.1) is 0 Å². The largest absolute Gasteiger partial charge is 0.352 e. The molecule has 128 valence electrons. The lowest BCUT2D eigenvalue weighted by atomic mass is 10.2. The summed E-state index contributed by atoms with van der Waals surface area (Å²) in [7, 11) is -1.62. The molecule has 0 aromatic heterocycles. The van der Waals surface area contributed by atoms with E-state index in [2.05, 4.69) is 20.3 Å². The average molecular weight is 346 g/mol. The molecule has 0 aliphatic heterocycles. The third-order valence-electron chi connectivity index (χ3n) is 3.29.